The summed E-state index contributed by atoms with van der Waals surface area (Å²) in [4.78, 5) is 28.7. The highest BCUT2D eigenvalue weighted by molar-refractivity contribution is 7.51. The van der Waals surface area contributed by atoms with E-state index in [0.717, 1.165) is 0 Å². The molecule has 1 rings (SSSR count). The van der Waals surface area contributed by atoms with Gasteiger partial charge < -0.3 is 20.6 Å². The van der Waals surface area contributed by atoms with Crippen molar-refractivity contribution in [2.75, 3.05) is 6.16 Å². The van der Waals surface area contributed by atoms with E-state index in [1.54, 1.807) is 30.3 Å². The number of rotatable bonds is 5. The summed E-state index contributed by atoms with van der Waals surface area (Å²) in [6.45, 7) is 0. The van der Waals surface area contributed by atoms with Gasteiger partial charge in [-0.25, -0.2) is 0 Å². The van der Waals surface area contributed by atoms with E-state index < -0.39 is 31.7 Å². The Hall–Kier alpha value is -1.20. The first kappa shape index (κ1) is 13.9. The molecule has 6 nitrogen and oxygen atoms in total. The summed E-state index contributed by atoms with van der Waals surface area (Å²) in [5, 5.41) is 8.83. The number of carbonyl (C=O) groups is 1. The molecule has 0 saturated heterocycles. The molecule has 0 fully saturated rings. The molecule has 0 aliphatic carbocycles. The lowest BCUT2D eigenvalue weighted by molar-refractivity contribution is -0.138. The van der Waals surface area contributed by atoms with Crippen LogP contribution in [0.2, 0.25) is 0 Å². The van der Waals surface area contributed by atoms with Gasteiger partial charge in [0.1, 0.15) is 6.04 Å². The van der Waals surface area contributed by atoms with Gasteiger partial charge in [-0.05, 0) is 5.56 Å². The first-order chi connectivity index (χ1) is 7.81. The lowest BCUT2D eigenvalue weighted by Crippen LogP contribution is -2.38. The minimum absolute atomic E-state index is 0.505. The fraction of sp³-hybridized carbons (Fsp3) is 0.300. The summed E-state index contributed by atoms with van der Waals surface area (Å²) in [6, 6.07) is 6.91. The Morgan fingerprint density at radius 1 is 1.29 bits per heavy atom. The van der Waals surface area contributed by atoms with Crippen LogP contribution in [0.4, 0.5) is 0 Å². The molecule has 7 heteroatoms. The van der Waals surface area contributed by atoms with Gasteiger partial charge in [-0.15, -0.1) is 0 Å². The van der Waals surface area contributed by atoms with Gasteiger partial charge in [0, 0.05) is 5.92 Å². The number of carboxylic acids is 1. The highest BCUT2D eigenvalue weighted by Gasteiger charge is 2.31. The van der Waals surface area contributed by atoms with Crippen molar-refractivity contribution in [2.45, 2.75) is 12.0 Å². The van der Waals surface area contributed by atoms with Gasteiger partial charge in [-0.1, -0.05) is 30.3 Å². The predicted octanol–water partition coefficient (Wildman–Crippen LogP) is 0.360. The topological polar surface area (TPSA) is 121 Å². The maximum Gasteiger partial charge on any atom is 0.326 e. The van der Waals surface area contributed by atoms with Crippen molar-refractivity contribution >= 4 is 13.6 Å². The van der Waals surface area contributed by atoms with Crippen LogP contribution in [0.15, 0.2) is 30.3 Å². The number of nitrogens with two attached hydrogens (primary N) is 1. The van der Waals surface area contributed by atoms with E-state index in [2.05, 4.69) is 0 Å². The van der Waals surface area contributed by atoms with Crippen molar-refractivity contribution in [3.8, 4) is 0 Å². The molecule has 17 heavy (non-hydrogen) atoms. The molecule has 0 heterocycles. The number of hydrogen-bond acceptors (Lipinski definition) is 3. The third-order valence-corrected chi connectivity index (χ3v) is 3.25. The Labute approximate surface area is 98.2 Å². The van der Waals surface area contributed by atoms with Crippen LogP contribution in [0.25, 0.3) is 0 Å². The normalized spacial score (nSPS) is 15.2. The van der Waals surface area contributed by atoms with E-state index in [1.807, 2.05) is 0 Å². The van der Waals surface area contributed by atoms with Crippen LogP contribution >= 0.6 is 7.60 Å². The number of carboxylic acid groups (broad SMARTS) is 1. The van der Waals surface area contributed by atoms with Gasteiger partial charge in [-0.3, -0.25) is 9.36 Å². The van der Waals surface area contributed by atoms with Crippen molar-refractivity contribution in [1.82, 2.24) is 0 Å². The van der Waals surface area contributed by atoms with Gasteiger partial charge in [0.25, 0.3) is 0 Å². The molecule has 0 saturated carbocycles. The van der Waals surface area contributed by atoms with Crippen molar-refractivity contribution < 1.29 is 24.3 Å². The number of aliphatic carboxylic acids is 1. The van der Waals surface area contributed by atoms with Crippen LogP contribution in [-0.4, -0.2) is 33.1 Å². The molecule has 0 amide bonds. The highest BCUT2D eigenvalue weighted by Crippen LogP contribution is 2.41. The second kappa shape index (κ2) is 5.42. The Morgan fingerprint density at radius 3 is 2.24 bits per heavy atom. The van der Waals surface area contributed by atoms with Crippen molar-refractivity contribution in [3.63, 3.8) is 0 Å². The molecular formula is C10H14NO5P. The summed E-state index contributed by atoms with van der Waals surface area (Å²) in [7, 11) is -4.32. The van der Waals surface area contributed by atoms with E-state index in [4.69, 9.17) is 20.6 Å². The summed E-state index contributed by atoms with van der Waals surface area (Å²) < 4.78 is 11.0. The minimum atomic E-state index is -4.32. The van der Waals surface area contributed by atoms with Crippen LogP contribution in [0.3, 0.4) is 0 Å². The van der Waals surface area contributed by atoms with Crippen molar-refractivity contribution in [1.29, 1.82) is 0 Å². The zero-order valence-electron chi connectivity index (χ0n) is 8.93. The maximum absolute atomic E-state index is 11.0. The molecule has 5 N–H and O–H groups in total. The van der Waals surface area contributed by atoms with Gasteiger partial charge >= 0.3 is 13.6 Å². The van der Waals surface area contributed by atoms with E-state index in [9.17, 15) is 9.36 Å². The molecule has 0 bridgehead atoms. The molecule has 94 valence electrons. The molecule has 0 radical (unpaired) electrons. The fourth-order valence-electron chi connectivity index (χ4n) is 1.55. The molecule has 0 aliphatic heterocycles. The molecule has 1 aromatic rings. The Morgan fingerprint density at radius 2 is 1.82 bits per heavy atom. The van der Waals surface area contributed by atoms with E-state index >= 15 is 0 Å². The summed E-state index contributed by atoms with van der Waals surface area (Å²) >= 11 is 0. The maximum atomic E-state index is 11.0. The smallest absolute Gasteiger partial charge is 0.326 e. The average Bonchev–Trinajstić information content (AvgIpc) is 2.25. The van der Waals surface area contributed by atoms with Crippen LogP contribution < -0.4 is 5.73 Å². The van der Waals surface area contributed by atoms with Crippen LogP contribution in [0, 0.1) is 0 Å². The van der Waals surface area contributed by atoms with E-state index in [0.29, 0.717) is 5.56 Å². The van der Waals surface area contributed by atoms with Crippen molar-refractivity contribution in [2.24, 2.45) is 5.73 Å². The molecule has 0 unspecified atom stereocenters. The van der Waals surface area contributed by atoms with Gasteiger partial charge in [0.15, 0.2) is 0 Å². The SMILES string of the molecule is N[C@@H](C(=O)O)[C@H](CP(=O)(O)O)c1ccccc1. The Bertz CT molecular complexity index is 430. The molecular weight excluding hydrogens is 245 g/mol. The fourth-order valence-corrected chi connectivity index (χ4v) is 2.51. The van der Waals surface area contributed by atoms with Crippen LogP contribution in [-0.2, 0) is 9.36 Å². The zero-order valence-corrected chi connectivity index (χ0v) is 9.83. The second-order valence-electron chi connectivity index (χ2n) is 3.73. The second-order valence-corrected chi connectivity index (χ2v) is 5.42. The Kier molecular flexibility index (Phi) is 4.42. The first-order valence-electron chi connectivity index (χ1n) is 4.89. The molecule has 0 aliphatic rings. The molecule has 0 spiro atoms. The predicted molar refractivity (Wildman–Crippen MR) is 61.7 cm³/mol. The Balaban J connectivity index is 3.03. The van der Waals surface area contributed by atoms with E-state index in [1.165, 1.54) is 0 Å². The summed E-state index contributed by atoms with van der Waals surface area (Å²) in [5.74, 6) is -2.19. The quantitative estimate of drug-likeness (QED) is 0.566. The third kappa shape index (κ3) is 4.28. The van der Waals surface area contributed by atoms with Crippen LogP contribution in [0.1, 0.15) is 11.5 Å². The van der Waals surface area contributed by atoms with E-state index in [-0.39, 0.29) is 0 Å². The largest absolute Gasteiger partial charge is 0.480 e. The van der Waals surface area contributed by atoms with Crippen LogP contribution in [0.5, 0.6) is 0 Å². The number of benzene rings is 1. The monoisotopic (exact) mass is 259 g/mol. The van der Waals surface area contributed by atoms with Gasteiger partial charge in [0.05, 0.1) is 6.16 Å². The molecule has 0 aromatic heterocycles. The molecule has 2 atom stereocenters. The summed E-state index contributed by atoms with van der Waals surface area (Å²) in [6.07, 6.45) is -0.579. The van der Waals surface area contributed by atoms with Crippen molar-refractivity contribution in [3.05, 3.63) is 35.9 Å². The lowest BCUT2D eigenvalue weighted by Gasteiger charge is -2.21. The van der Waals surface area contributed by atoms with Gasteiger partial charge in [-0.2, -0.15) is 0 Å². The first-order valence-corrected chi connectivity index (χ1v) is 6.69. The van der Waals surface area contributed by atoms with Gasteiger partial charge in [0.2, 0.25) is 0 Å². The average molecular weight is 259 g/mol. The zero-order chi connectivity index (χ0) is 13.1. The lowest BCUT2D eigenvalue weighted by atomic mass is 9.94. The standard InChI is InChI=1S/C10H14NO5P/c11-9(10(12)13)8(6-17(14,15)16)7-4-2-1-3-5-7/h1-5,8-9H,6,11H2,(H,12,13)(H2,14,15,16)/t8-,9-/m1/s1. The summed E-state index contributed by atoms with van der Waals surface area (Å²) in [5.41, 5.74) is 5.96. The third-order valence-electron chi connectivity index (χ3n) is 2.38. The number of hydrogen-bond donors (Lipinski definition) is 4. The highest BCUT2D eigenvalue weighted by atomic mass is 31.2. The minimum Gasteiger partial charge on any atom is -0.480 e. The molecule has 1 aromatic carbocycles.